The number of phenols is 1. The Bertz CT molecular complexity index is 485. The quantitative estimate of drug-likeness (QED) is 0.774. The van der Waals surface area contributed by atoms with Gasteiger partial charge in [0.25, 0.3) is 0 Å². The van der Waals surface area contributed by atoms with Gasteiger partial charge in [0, 0.05) is 6.04 Å². The fraction of sp³-hybridized carbons (Fsp3) is 0.562. The van der Waals surface area contributed by atoms with Gasteiger partial charge in [0.1, 0.15) is 11.8 Å². The van der Waals surface area contributed by atoms with Crippen LogP contribution < -0.4 is 5.32 Å². The highest BCUT2D eigenvalue weighted by Crippen LogP contribution is 2.32. The summed E-state index contributed by atoms with van der Waals surface area (Å²) in [5.74, 6) is -0.169. The lowest BCUT2D eigenvalue weighted by molar-refractivity contribution is -0.140. The number of benzene rings is 1. The lowest BCUT2D eigenvalue weighted by Crippen LogP contribution is -2.41. The van der Waals surface area contributed by atoms with Crippen LogP contribution in [0.4, 0.5) is 0 Å². The SMILES string of the molecule is CC(C)CC(NC1CCCc2cc(O)ccc21)C(=O)O. The van der Waals surface area contributed by atoms with E-state index in [1.54, 1.807) is 12.1 Å². The van der Waals surface area contributed by atoms with E-state index in [2.05, 4.69) is 5.32 Å². The summed E-state index contributed by atoms with van der Waals surface area (Å²) in [5.41, 5.74) is 2.26. The highest BCUT2D eigenvalue weighted by molar-refractivity contribution is 5.73. The van der Waals surface area contributed by atoms with Gasteiger partial charge in [-0.05, 0) is 54.9 Å². The standard InChI is InChI=1S/C16H23NO3/c1-10(2)8-15(16(19)20)17-14-5-3-4-11-9-12(18)6-7-13(11)14/h6-7,9-10,14-15,17-18H,3-5,8H2,1-2H3,(H,19,20). The number of carbonyl (C=O) groups is 1. The molecule has 4 heteroatoms. The minimum atomic E-state index is -0.787. The van der Waals surface area contributed by atoms with Gasteiger partial charge >= 0.3 is 5.97 Å². The molecule has 1 aliphatic carbocycles. The first-order valence-electron chi connectivity index (χ1n) is 7.28. The van der Waals surface area contributed by atoms with E-state index in [0.717, 1.165) is 30.4 Å². The van der Waals surface area contributed by atoms with Crippen LogP contribution in [0.5, 0.6) is 5.75 Å². The summed E-state index contributed by atoms with van der Waals surface area (Å²) in [6.45, 7) is 4.06. The molecule has 1 aliphatic rings. The summed E-state index contributed by atoms with van der Waals surface area (Å²) in [5, 5.41) is 22.2. The van der Waals surface area contributed by atoms with Gasteiger partial charge in [-0.1, -0.05) is 19.9 Å². The largest absolute Gasteiger partial charge is 0.508 e. The molecule has 0 aliphatic heterocycles. The molecule has 2 rings (SSSR count). The zero-order chi connectivity index (χ0) is 14.7. The third-order valence-electron chi connectivity index (χ3n) is 3.85. The van der Waals surface area contributed by atoms with Gasteiger partial charge in [-0.15, -0.1) is 0 Å². The zero-order valence-corrected chi connectivity index (χ0v) is 12.1. The molecule has 0 fully saturated rings. The summed E-state index contributed by atoms with van der Waals surface area (Å²) in [4.78, 5) is 11.4. The molecule has 1 aromatic carbocycles. The van der Waals surface area contributed by atoms with E-state index in [1.807, 2.05) is 19.9 Å². The van der Waals surface area contributed by atoms with Gasteiger partial charge in [0.2, 0.25) is 0 Å². The van der Waals surface area contributed by atoms with Crippen LogP contribution in [0.25, 0.3) is 0 Å². The molecule has 0 saturated heterocycles. The molecule has 0 amide bonds. The summed E-state index contributed by atoms with van der Waals surface area (Å²) < 4.78 is 0. The average Bonchev–Trinajstić information content (AvgIpc) is 2.37. The van der Waals surface area contributed by atoms with Crippen LogP contribution in [-0.2, 0) is 11.2 Å². The first kappa shape index (κ1) is 14.9. The number of aliphatic carboxylic acids is 1. The van der Waals surface area contributed by atoms with E-state index in [9.17, 15) is 15.0 Å². The maximum atomic E-state index is 11.4. The number of aromatic hydroxyl groups is 1. The highest BCUT2D eigenvalue weighted by Gasteiger charge is 2.26. The van der Waals surface area contributed by atoms with E-state index in [1.165, 1.54) is 0 Å². The first-order chi connectivity index (χ1) is 9.47. The van der Waals surface area contributed by atoms with E-state index in [-0.39, 0.29) is 11.8 Å². The van der Waals surface area contributed by atoms with Crippen LogP contribution >= 0.6 is 0 Å². The molecule has 2 unspecified atom stereocenters. The second kappa shape index (κ2) is 6.27. The Kier molecular flexibility index (Phi) is 4.65. The normalized spacial score (nSPS) is 19.6. The van der Waals surface area contributed by atoms with Crippen LogP contribution in [0.3, 0.4) is 0 Å². The van der Waals surface area contributed by atoms with Gasteiger partial charge in [0.15, 0.2) is 0 Å². The topological polar surface area (TPSA) is 69.6 Å². The van der Waals surface area contributed by atoms with Crippen molar-refractivity contribution >= 4 is 5.97 Å². The van der Waals surface area contributed by atoms with Gasteiger partial charge in [-0.25, -0.2) is 0 Å². The Balaban J connectivity index is 2.16. The molecular formula is C16H23NO3. The van der Waals surface area contributed by atoms with Crippen LogP contribution in [-0.4, -0.2) is 22.2 Å². The van der Waals surface area contributed by atoms with Crippen LogP contribution in [0.2, 0.25) is 0 Å². The number of aryl methyl sites for hydroxylation is 1. The fourth-order valence-corrected chi connectivity index (χ4v) is 2.93. The number of hydrogen-bond acceptors (Lipinski definition) is 3. The van der Waals surface area contributed by atoms with Gasteiger partial charge in [-0.2, -0.15) is 0 Å². The number of rotatable bonds is 5. The van der Waals surface area contributed by atoms with Crippen molar-refractivity contribution in [2.24, 2.45) is 5.92 Å². The van der Waals surface area contributed by atoms with Gasteiger partial charge in [-0.3, -0.25) is 10.1 Å². The average molecular weight is 277 g/mol. The second-order valence-electron chi connectivity index (χ2n) is 6.01. The lowest BCUT2D eigenvalue weighted by Gasteiger charge is -2.29. The van der Waals surface area contributed by atoms with E-state index in [0.29, 0.717) is 12.3 Å². The maximum absolute atomic E-state index is 11.4. The lowest BCUT2D eigenvalue weighted by atomic mass is 9.86. The number of carboxylic acid groups (broad SMARTS) is 1. The van der Waals surface area contributed by atoms with Crippen molar-refractivity contribution in [3.63, 3.8) is 0 Å². The van der Waals surface area contributed by atoms with Crippen molar-refractivity contribution in [2.75, 3.05) is 0 Å². The maximum Gasteiger partial charge on any atom is 0.320 e. The van der Waals surface area contributed by atoms with Crippen molar-refractivity contribution in [1.82, 2.24) is 5.32 Å². The molecule has 110 valence electrons. The van der Waals surface area contributed by atoms with Crippen molar-refractivity contribution in [3.8, 4) is 5.75 Å². The number of fused-ring (bicyclic) bond motifs is 1. The molecule has 0 bridgehead atoms. The van der Waals surface area contributed by atoms with E-state index >= 15 is 0 Å². The predicted molar refractivity (Wildman–Crippen MR) is 77.8 cm³/mol. The first-order valence-corrected chi connectivity index (χ1v) is 7.28. The van der Waals surface area contributed by atoms with Crippen LogP contribution in [0, 0.1) is 5.92 Å². The Morgan fingerprint density at radius 3 is 2.85 bits per heavy atom. The molecular weight excluding hydrogens is 254 g/mol. The molecule has 0 radical (unpaired) electrons. The molecule has 0 heterocycles. The third-order valence-corrected chi connectivity index (χ3v) is 3.85. The van der Waals surface area contributed by atoms with E-state index < -0.39 is 12.0 Å². The van der Waals surface area contributed by atoms with Crippen molar-refractivity contribution in [3.05, 3.63) is 29.3 Å². The van der Waals surface area contributed by atoms with Gasteiger partial charge < -0.3 is 10.2 Å². The smallest absolute Gasteiger partial charge is 0.320 e. The number of phenolic OH excluding ortho intramolecular Hbond substituents is 1. The second-order valence-corrected chi connectivity index (χ2v) is 6.01. The highest BCUT2D eigenvalue weighted by atomic mass is 16.4. The molecule has 1 aromatic rings. The van der Waals surface area contributed by atoms with Crippen molar-refractivity contribution in [2.45, 2.75) is 51.6 Å². The number of nitrogens with one attached hydrogen (secondary N) is 1. The monoisotopic (exact) mass is 277 g/mol. The summed E-state index contributed by atoms with van der Waals surface area (Å²) in [6, 6.07) is 4.94. The number of carboxylic acids is 1. The van der Waals surface area contributed by atoms with Crippen LogP contribution in [0.1, 0.15) is 50.3 Å². The molecule has 0 aromatic heterocycles. The summed E-state index contributed by atoms with van der Waals surface area (Å²) in [7, 11) is 0. The molecule has 3 N–H and O–H groups in total. The Morgan fingerprint density at radius 1 is 1.45 bits per heavy atom. The van der Waals surface area contributed by atoms with Gasteiger partial charge in [0.05, 0.1) is 0 Å². The molecule has 2 atom stereocenters. The molecule has 0 saturated carbocycles. The minimum Gasteiger partial charge on any atom is -0.508 e. The van der Waals surface area contributed by atoms with Crippen molar-refractivity contribution in [1.29, 1.82) is 0 Å². The Labute approximate surface area is 119 Å². The predicted octanol–water partition coefficient (Wildman–Crippen LogP) is 2.86. The van der Waals surface area contributed by atoms with E-state index in [4.69, 9.17) is 0 Å². The summed E-state index contributed by atoms with van der Waals surface area (Å²) in [6.07, 6.45) is 3.53. The molecule has 20 heavy (non-hydrogen) atoms. The minimum absolute atomic E-state index is 0.0687. The summed E-state index contributed by atoms with van der Waals surface area (Å²) >= 11 is 0. The molecule has 0 spiro atoms. The Morgan fingerprint density at radius 2 is 2.20 bits per heavy atom. The third kappa shape index (κ3) is 3.51. The fourth-order valence-electron chi connectivity index (χ4n) is 2.93. The molecule has 4 nitrogen and oxygen atoms in total. The Hall–Kier alpha value is -1.55. The zero-order valence-electron chi connectivity index (χ0n) is 12.1. The number of hydrogen-bond donors (Lipinski definition) is 3. The van der Waals surface area contributed by atoms with Crippen LogP contribution in [0.15, 0.2) is 18.2 Å². The van der Waals surface area contributed by atoms with Crippen molar-refractivity contribution < 1.29 is 15.0 Å².